The number of hydrogen-bond donors (Lipinski definition) is 0. The van der Waals surface area contributed by atoms with Gasteiger partial charge < -0.3 is 0 Å². The van der Waals surface area contributed by atoms with Crippen molar-refractivity contribution in [3.63, 3.8) is 0 Å². The van der Waals surface area contributed by atoms with E-state index in [1.165, 1.54) is 16.9 Å². The van der Waals surface area contributed by atoms with Crippen LogP contribution in [0.3, 0.4) is 0 Å². The summed E-state index contributed by atoms with van der Waals surface area (Å²) in [6.07, 6.45) is 0.540. The van der Waals surface area contributed by atoms with Gasteiger partial charge in [0.2, 0.25) is 0 Å². The first-order valence-electron chi connectivity index (χ1n) is 9.58. The Morgan fingerprint density at radius 3 is 2.27 bits per heavy atom. The maximum absolute atomic E-state index is 12.6. The summed E-state index contributed by atoms with van der Waals surface area (Å²) in [6.45, 7) is 0. The largest absolute Gasteiger partial charge is 0.296 e. The summed E-state index contributed by atoms with van der Waals surface area (Å²) in [5.74, 6) is 0.709. The lowest BCUT2D eigenvalue weighted by molar-refractivity contribution is 0.881. The highest BCUT2D eigenvalue weighted by molar-refractivity contribution is 7.17. The van der Waals surface area contributed by atoms with Gasteiger partial charge in [0.25, 0.3) is 5.56 Å². The molecule has 0 amide bonds. The van der Waals surface area contributed by atoms with E-state index in [0.717, 1.165) is 22.3 Å². The molecule has 30 heavy (non-hydrogen) atoms. The summed E-state index contributed by atoms with van der Waals surface area (Å²) in [4.78, 5) is 17.0. The lowest BCUT2D eigenvalue weighted by Crippen LogP contribution is -2.17. The highest BCUT2D eigenvalue weighted by Crippen LogP contribution is 2.26. The molecule has 0 aliphatic rings. The van der Waals surface area contributed by atoms with E-state index in [0.29, 0.717) is 22.0 Å². The monoisotopic (exact) mass is 428 g/mol. The molecular formula is C25H17ClN2OS. The first-order valence-corrected chi connectivity index (χ1v) is 10.8. The van der Waals surface area contributed by atoms with Gasteiger partial charge in [-0.2, -0.15) is 4.98 Å². The van der Waals surface area contributed by atoms with Crippen LogP contribution >= 0.6 is 22.9 Å². The summed E-state index contributed by atoms with van der Waals surface area (Å²) < 4.78 is 2.75. The minimum atomic E-state index is -0.180. The second-order valence-corrected chi connectivity index (χ2v) is 8.37. The number of thiophene rings is 1. The molecule has 3 aromatic carbocycles. The Hall–Kier alpha value is -3.21. The van der Waals surface area contributed by atoms with Gasteiger partial charge in [0, 0.05) is 17.1 Å². The fraction of sp³-hybridized carbons (Fsp3) is 0.0400. The smallest absolute Gasteiger partial charge is 0.290 e. The molecular weight excluding hydrogens is 412 g/mol. The van der Waals surface area contributed by atoms with Crippen molar-refractivity contribution in [2.75, 3.05) is 0 Å². The second kappa shape index (κ2) is 7.90. The van der Waals surface area contributed by atoms with E-state index in [2.05, 4.69) is 45.9 Å². The van der Waals surface area contributed by atoms with Gasteiger partial charge in [0.1, 0.15) is 10.5 Å². The first-order chi connectivity index (χ1) is 14.7. The molecule has 0 aliphatic carbocycles. The predicted molar refractivity (Wildman–Crippen MR) is 125 cm³/mol. The maximum Gasteiger partial charge on any atom is 0.290 e. The molecule has 0 saturated carbocycles. The number of fused-ring (bicyclic) bond motifs is 1. The standard InChI is InChI=1S/C25H17ClN2OS/c26-20-10-6-17(7-11-20)16-23-27-25(29)24-22(14-15-30-24)28(23)21-12-8-19(9-13-21)18-4-2-1-3-5-18/h1-15H,16H2. The predicted octanol–water partition coefficient (Wildman–Crippen LogP) is 6.36. The van der Waals surface area contributed by atoms with Crippen LogP contribution in [0.1, 0.15) is 11.4 Å². The van der Waals surface area contributed by atoms with Gasteiger partial charge >= 0.3 is 0 Å². The van der Waals surface area contributed by atoms with E-state index in [9.17, 15) is 4.79 Å². The van der Waals surface area contributed by atoms with Gasteiger partial charge in [-0.1, -0.05) is 66.2 Å². The summed E-state index contributed by atoms with van der Waals surface area (Å²) in [7, 11) is 0. The number of benzene rings is 3. The number of aromatic nitrogens is 2. The fourth-order valence-corrected chi connectivity index (χ4v) is 4.51. The van der Waals surface area contributed by atoms with Crippen LogP contribution in [0.4, 0.5) is 0 Å². The third kappa shape index (κ3) is 3.56. The van der Waals surface area contributed by atoms with E-state index in [-0.39, 0.29) is 5.56 Å². The lowest BCUT2D eigenvalue weighted by atomic mass is 10.1. The van der Waals surface area contributed by atoms with E-state index in [4.69, 9.17) is 11.6 Å². The topological polar surface area (TPSA) is 34.9 Å². The van der Waals surface area contributed by atoms with Gasteiger partial charge in [-0.3, -0.25) is 9.36 Å². The van der Waals surface area contributed by atoms with E-state index in [1.807, 2.05) is 53.9 Å². The average molecular weight is 429 g/mol. The molecule has 146 valence electrons. The molecule has 0 bridgehead atoms. The Balaban J connectivity index is 1.63. The molecule has 0 saturated heterocycles. The van der Waals surface area contributed by atoms with Gasteiger partial charge in [-0.05, 0) is 52.4 Å². The van der Waals surface area contributed by atoms with Crippen molar-refractivity contribution in [2.45, 2.75) is 6.42 Å². The zero-order valence-corrected chi connectivity index (χ0v) is 17.5. The van der Waals surface area contributed by atoms with Crippen LogP contribution in [0.25, 0.3) is 27.0 Å². The Labute approximate surface area is 182 Å². The summed E-state index contributed by atoms with van der Waals surface area (Å²) in [6, 6.07) is 28.3. The minimum absolute atomic E-state index is 0.180. The molecule has 0 fully saturated rings. The van der Waals surface area contributed by atoms with Crippen molar-refractivity contribution in [3.8, 4) is 16.8 Å². The van der Waals surface area contributed by atoms with Crippen molar-refractivity contribution in [2.24, 2.45) is 0 Å². The van der Waals surface area contributed by atoms with Crippen LogP contribution in [0.5, 0.6) is 0 Å². The molecule has 5 rings (SSSR count). The van der Waals surface area contributed by atoms with Gasteiger partial charge in [-0.15, -0.1) is 11.3 Å². The second-order valence-electron chi connectivity index (χ2n) is 7.02. The summed E-state index contributed by atoms with van der Waals surface area (Å²) in [5.41, 5.74) is 5.06. The molecule has 3 nitrogen and oxygen atoms in total. The highest BCUT2D eigenvalue weighted by atomic mass is 35.5. The average Bonchev–Trinajstić information content (AvgIpc) is 3.27. The van der Waals surface area contributed by atoms with Gasteiger partial charge in [0.05, 0.1) is 5.52 Å². The third-order valence-corrected chi connectivity index (χ3v) is 6.22. The Morgan fingerprint density at radius 2 is 1.53 bits per heavy atom. The Bertz CT molecular complexity index is 1370. The molecule has 5 aromatic rings. The van der Waals surface area contributed by atoms with Crippen LogP contribution in [-0.2, 0) is 6.42 Å². The number of halogens is 1. The van der Waals surface area contributed by atoms with Crippen molar-refractivity contribution >= 4 is 33.2 Å². The number of rotatable bonds is 4. The zero-order valence-electron chi connectivity index (χ0n) is 16.0. The van der Waals surface area contributed by atoms with Crippen LogP contribution in [0.2, 0.25) is 5.02 Å². The molecule has 0 radical (unpaired) electrons. The number of nitrogens with zero attached hydrogens (tertiary/aromatic N) is 2. The van der Waals surface area contributed by atoms with Gasteiger partial charge in [-0.25, -0.2) is 0 Å². The van der Waals surface area contributed by atoms with E-state index < -0.39 is 0 Å². The molecule has 0 atom stereocenters. The SMILES string of the molecule is O=c1nc(Cc2ccc(Cl)cc2)n(-c2ccc(-c3ccccc3)cc2)c2ccsc12. The van der Waals surface area contributed by atoms with Crippen molar-refractivity contribution < 1.29 is 0 Å². The Kier molecular flexibility index (Phi) is 4.95. The molecule has 0 N–H and O–H groups in total. The van der Waals surface area contributed by atoms with Crippen molar-refractivity contribution in [1.82, 2.24) is 9.55 Å². The fourth-order valence-electron chi connectivity index (χ4n) is 3.62. The molecule has 0 spiro atoms. The van der Waals surface area contributed by atoms with Crippen molar-refractivity contribution in [3.05, 3.63) is 117 Å². The quantitative estimate of drug-likeness (QED) is 0.334. The highest BCUT2D eigenvalue weighted by Gasteiger charge is 2.14. The normalized spacial score (nSPS) is 11.1. The summed E-state index contributed by atoms with van der Waals surface area (Å²) >= 11 is 7.45. The third-order valence-electron chi connectivity index (χ3n) is 5.08. The Morgan fingerprint density at radius 1 is 0.833 bits per heavy atom. The molecule has 0 unspecified atom stereocenters. The molecule has 5 heteroatoms. The van der Waals surface area contributed by atoms with Crippen molar-refractivity contribution in [1.29, 1.82) is 0 Å². The van der Waals surface area contributed by atoms with Crippen LogP contribution in [0.15, 0.2) is 95.1 Å². The van der Waals surface area contributed by atoms with Crippen LogP contribution in [0, 0.1) is 0 Å². The lowest BCUT2D eigenvalue weighted by Gasteiger charge is -2.15. The van der Waals surface area contributed by atoms with Gasteiger partial charge in [0.15, 0.2) is 0 Å². The maximum atomic E-state index is 12.6. The molecule has 2 aromatic heterocycles. The van der Waals surface area contributed by atoms with Crippen LogP contribution in [-0.4, -0.2) is 9.55 Å². The minimum Gasteiger partial charge on any atom is -0.296 e. The number of hydrogen-bond acceptors (Lipinski definition) is 3. The zero-order chi connectivity index (χ0) is 20.5. The first kappa shape index (κ1) is 18.8. The van der Waals surface area contributed by atoms with E-state index in [1.54, 1.807) is 0 Å². The summed E-state index contributed by atoms with van der Waals surface area (Å²) in [5, 5.41) is 2.63. The molecule has 0 aliphatic heterocycles. The van der Waals surface area contributed by atoms with E-state index >= 15 is 0 Å². The molecule has 2 heterocycles. The van der Waals surface area contributed by atoms with Crippen LogP contribution < -0.4 is 5.56 Å².